The van der Waals surface area contributed by atoms with Crippen LogP contribution in [0, 0.1) is 0 Å². The van der Waals surface area contributed by atoms with Crippen molar-refractivity contribution < 1.29 is 9.21 Å². The number of fused-ring (bicyclic) bond motifs is 3. The highest BCUT2D eigenvalue weighted by Crippen LogP contribution is 2.56. The Morgan fingerprint density at radius 1 is 1.10 bits per heavy atom. The van der Waals surface area contributed by atoms with Crippen LogP contribution in [0.15, 0.2) is 47.4 Å². The fraction of sp³-hybridized carbons (Fsp3) is 0.346. The number of hydrogen-bond donors (Lipinski definition) is 0. The van der Waals surface area contributed by atoms with Gasteiger partial charge in [-0.2, -0.15) is 0 Å². The van der Waals surface area contributed by atoms with Crippen molar-refractivity contribution in [3.63, 3.8) is 0 Å². The maximum Gasteiger partial charge on any atom is 0.228 e. The van der Waals surface area contributed by atoms with Gasteiger partial charge in [-0.3, -0.25) is 4.79 Å². The second-order valence-corrected chi connectivity index (χ2v) is 15.8. The van der Waals surface area contributed by atoms with E-state index >= 15 is 0 Å². The highest BCUT2D eigenvalue weighted by Gasteiger charge is 2.53. The standard InChI is InChI=1S/C26H28O2Si/c1-15-14-26(5)19-13-17-11-9-8-10-16(17)12-18(19)22(27)23-21(26)20(15)24(28-23)29(6,7)25(2,3)4/h8-13H,1,14H2,2-7H3. The highest BCUT2D eigenvalue weighted by molar-refractivity contribution is 6.91. The summed E-state index contributed by atoms with van der Waals surface area (Å²) in [5, 5.41) is 3.44. The van der Waals surface area contributed by atoms with E-state index in [4.69, 9.17) is 4.42 Å². The summed E-state index contributed by atoms with van der Waals surface area (Å²) in [6, 6.07) is 12.5. The number of allylic oxidation sites excluding steroid dienone is 1. The highest BCUT2D eigenvalue weighted by atomic mass is 28.3. The lowest BCUT2D eigenvalue weighted by Gasteiger charge is -2.35. The van der Waals surface area contributed by atoms with Gasteiger partial charge < -0.3 is 4.42 Å². The first-order chi connectivity index (χ1) is 13.5. The second kappa shape index (κ2) is 5.40. The van der Waals surface area contributed by atoms with Crippen molar-refractivity contribution in [3.8, 4) is 0 Å². The summed E-state index contributed by atoms with van der Waals surface area (Å²) in [6.45, 7) is 18.3. The summed E-state index contributed by atoms with van der Waals surface area (Å²) in [5.41, 5.74) is 5.02. The zero-order chi connectivity index (χ0) is 20.9. The number of carbonyl (C=O) groups excluding carboxylic acids is 1. The van der Waals surface area contributed by atoms with E-state index in [-0.39, 0.29) is 16.2 Å². The number of carbonyl (C=O) groups is 1. The Balaban J connectivity index is 1.85. The molecule has 2 aliphatic rings. The van der Waals surface area contributed by atoms with Crippen LogP contribution in [-0.4, -0.2) is 13.9 Å². The molecule has 2 aromatic carbocycles. The molecule has 0 fully saturated rings. The fourth-order valence-electron chi connectivity index (χ4n) is 5.08. The van der Waals surface area contributed by atoms with Crippen LogP contribution in [-0.2, 0) is 5.41 Å². The molecule has 1 atom stereocenters. The average Bonchev–Trinajstić information content (AvgIpc) is 3.18. The van der Waals surface area contributed by atoms with E-state index < -0.39 is 8.07 Å². The molecule has 3 aromatic rings. The van der Waals surface area contributed by atoms with Crippen LogP contribution in [0.25, 0.3) is 16.3 Å². The molecule has 2 nitrogen and oxygen atoms in total. The quantitative estimate of drug-likeness (QED) is 0.441. The summed E-state index contributed by atoms with van der Waals surface area (Å²) in [7, 11) is -1.97. The van der Waals surface area contributed by atoms with Crippen LogP contribution in [0.4, 0.5) is 0 Å². The lowest BCUT2D eigenvalue weighted by Crippen LogP contribution is -2.50. The van der Waals surface area contributed by atoms with Crippen LogP contribution in [0.3, 0.4) is 0 Å². The van der Waals surface area contributed by atoms with E-state index in [1.807, 2.05) is 6.07 Å². The summed E-state index contributed by atoms with van der Waals surface area (Å²) in [6.07, 6.45) is 0.848. The predicted molar refractivity (Wildman–Crippen MR) is 123 cm³/mol. The third-order valence-corrected chi connectivity index (χ3v) is 13.0. The van der Waals surface area contributed by atoms with Gasteiger partial charge in [0.2, 0.25) is 5.78 Å². The van der Waals surface area contributed by atoms with E-state index in [0.29, 0.717) is 5.76 Å². The molecule has 3 heteroatoms. The first-order valence-corrected chi connectivity index (χ1v) is 13.4. The minimum absolute atomic E-state index is 0.0270. The van der Waals surface area contributed by atoms with Gasteiger partial charge in [0.05, 0.1) is 5.38 Å². The number of hydrogen-bond acceptors (Lipinski definition) is 2. The Bertz CT molecular complexity index is 1240. The normalized spacial score (nSPS) is 20.9. The molecular weight excluding hydrogens is 372 g/mol. The van der Waals surface area contributed by atoms with Crippen molar-refractivity contribution >= 4 is 35.6 Å². The molecule has 1 unspecified atom stereocenters. The molecule has 0 amide bonds. The average molecular weight is 401 g/mol. The molecule has 0 bridgehead atoms. The van der Waals surface area contributed by atoms with Gasteiger partial charge in [0.1, 0.15) is 8.07 Å². The van der Waals surface area contributed by atoms with Gasteiger partial charge >= 0.3 is 0 Å². The van der Waals surface area contributed by atoms with Crippen LogP contribution < -0.4 is 5.38 Å². The Hall–Kier alpha value is -2.39. The molecule has 5 rings (SSSR count). The topological polar surface area (TPSA) is 30.2 Å². The van der Waals surface area contributed by atoms with Gasteiger partial charge in [-0.05, 0) is 45.5 Å². The third kappa shape index (κ3) is 2.20. The van der Waals surface area contributed by atoms with Crippen molar-refractivity contribution in [3.05, 3.63) is 71.0 Å². The van der Waals surface area contributed by atoms with E-state index in [1.165, 1.54) is 5.39 Å². The van der Waals surface area contributed by atoms with Gasteiger partial charge in [-0.15, -0.1) is 0 Å². The molecule has 0 radical (unpaired) electrons. The van der Waals surface area contributed by atoms with Crippen LogP contribution in [0.1, 0.15) is 66.9 Å². The smallest absolute Gasteiger partial charge is 0.228 e. The number of rotatable bonds is 1. The molecule has 0 aliphatic heterocycles. The Labute approximate surface area is 173 Å². The largest absolute Gasteiger partial charge is 0.462 e. The van der Waals surface area contributed by atoms with Crippen LogP contribution in [0.2, 0.25) is 18.1 Å². The van der Waals surface area contributed by atoms with Gasteiger partial charge in [0.25, 0.3) is 0 Å². The lowest BCUT2D eigenvalue weighted by molar-refractivity contribution is 0.100. The first-order valence-electron chi connectivity index (χ1n) is 10.4. The molecule has 1 heterocycles. The zero-order valence-corrected chi connectivity index (χ0v) is 19.2. The van der Waals surface area contributed by atoms with Crippen molar-refractivity contribution in [2.24, 2.45) is 0 Å². The lowest BCUT2D eigenvalue weighted by atomic mass is 9.69. The molecular formula is C26H28O2Si. The van der Waals surface area contributed by atoms with Crippen LogP contribution in [0.5, 0.6) is 0 Å². The number of benzene rings is 2. The van der Waals surface area contributed by atoms with E-state index in [2.05, 4.69) is 77.7 Å². The zero-order valence-electron chi connectivity index (χ0n) is 18.2. The molecule has 0 spiro atoms. The fourth-order valence-corrected chi connectivity index (χ4v) is 7.04. The Morgan fingerprint density at radius 2 is 1.72 bits per heavy atom. The maximum absolute atomic E-state index is 13.6. The summed E-state index contributed by atoms with van der Waals surface area (Å²) in [4.78, 5) is 13.6. The van der Waals surface area contributed by atoms with Gasteiger partial charge in [0, 0.05) is 22.1 Å². The Kier molecular flexibility index (Phi) is 3.46. The van der Waals surface area contributed by atoms with Crippen molar-refractivity contribution in [1.82, 2.24) is 0 Å². The van der Waals surface area contributed by atoms with Crippen LogP contribution >= 0.6 is 0 Å². The Morgan fingerprint density at radius 3 is 2.34 bits per heavy atom. The molecule has 29 heavy (non-hydrogen) atoms. The molecule has 2 aliphatic carbocycles. The van der Waals surface area contributed by atoms with Crippen molar-refractivity contribution in [2.75, 3.05) is 0 Å². The monoisotopic (exact) mass is 400 g/mol. The number of ketones is 1. The van der Waals surface area contributed by atoms with Crippen molar-refractivity contribution in [1.29, 1.82) is 0 Å². The van der Waals surface area contributed by atoms with Gasteiger partial charge in [-0.1, -0.05) is 71.6 Å². The SMILES string of the molecule is C=C1CC2(C)c3cc4ccccc4cc3C(=O)c3oc([Si](C)(C)C(C)(C)C)c1c32. The third-order valence-electron chi connectivity index (χ3n) is 7.75. The van der Waals surface area contributed by atoms with Gasteiger partial charge in [0.15, 0.2) is 5.76 Å². The molecule has 1 aromatic heterocycles. The van der Waals surface area contributed by atoms with Crippen molar-refractivity contribution in [2.45, 2.75) is 57.7 Å². The molecule has 0 saturated heterocycles. The molecule has 0 N–H and O–H groups in total. The van der Waals surface area contributed by atoms with E-state index in [9.17, 15) is 4.79 Å². The first kappa shape index (κ1) is 18.6. The van der Waals surface area contributed by atoms with E-state index in [1.54, 1.807) is 0 Å². The molecule has 0 saturated carbocycles. The molecule has 148 valence electrons. The summed E-state index contributed by atoms with van der Waals surface area (Å²) in [5.74, 6) is 0.586. The predicted octanol–water partition coefficient (Wildman–Crippen LogP) is 6.42. The summed E-state index contributed by atoms with van der Waals surface area (Å²) >= 11 is 0. The maximum atomic E-state index is 13.6. The number of furan rings is 1. The minimum atomic E-state index is -1.97. The minimum Gasteiger partial charge on any atom is -0.462 e. The van der Waals surface area contributed by atoms with E-state index in [0.717, 1.165) is 45.0 Å². The van der Waals surface area contributed by atoms with Gasteiger partial charge in [-0.25, -0.2) is 0 Å². The summed E-state index contributed by atoms with van der Waals surface area (Å²) < 4.78 is 6.52. The second-order valence-electron chi connectivity index (χ2n) is 10.6.